The maximum absolute atomic E-state index is 12.2. The Labute approximate surface area is 163 Å². The molecule has 0 aromatic rings. The predicted octanol–water partition coefficient (Wildman–Crippen LogP) is 3.94. The molecule has 1 aliphatic rings. The fourth-order valence-electron chi connectivity index (χ4n) is 3.00. The number of barbiturate groups is 1. The number of nitrogens with zero attached hydrogens (tertiary/aromatic N) is 3. The highest BCUT2D eigenvalue weighted by molar-refractivity contribution is 6.28. The molecular weight excluding hydrogens is 342 g/mol. The van der Waals surface area contributed by atoms with Crippen molar-refractivity contribution in [2.75, 3.05) is 27.2 Å². The SMILES string of the molecule is CCCCCCN(/C=C/C=C1C(=O)N(C)C(=O)N(C)C1=O)CCCCCC. The van der Waals surface area contributed by atoms with Gasteiger partial charge in [0.05, 0.1) is 0 Å². The van der Waals surface area contributed by atoms with Gasteiger partial charge in [-0.3, -0.25) is 19.4 Å². The molecule has 0 atom stereocenters. The quantitative estimate of drug-likeness (QED) is 0.294. The molecule has 4 amide bonds. The molecule has 1 rings (SSSR count). The van der Waals surface area contributed by atoms with Crippen LogP contribution in [0.2, 0.25) is 0 Å². The molecule has 6 nitrogen and oxygen atoms in total. The molecule has 0 aliphatic carbocycles. The van der Waals surface area contributed by atoms with Crippen molar-refractivity contribution in [3.8, 4) is 0 Å². The van der Waals surface area contributed by atoms with Crippen molar-refractivity contribution in [1.29, 1.82) is 0 Å². The summed E-state index contributed by atoms with van der Waals surface area (Å²) in [6.45, 7) is 6.36. The zero-order valence-corrected chi connectivity index (χ0v) is 17.4. The van der Waals surface area contributed by atoms with E-state index in [0.717, 1.165) is 35.7 Å². The van der Waals surface area contributed by atoms with Gasteiger partial charge in [0.2, 0.25) is 0 Å². The molecule has 1 fully saturated rings. The van der Waals surface area contributed by atoms with Crippen LogP contribution in [0.4, 0.5) is 4.79 Å². The Morgan fingerprint density at radius 2 is 1.26 bits per heavy atom. The average molecular weight is 378 g/mol. The first-order valence-corrected chi connectivity index (χ1v) is 10.2. The van der Waals surface area contributed by atoms with Crippen molar-refractivity contribution in [3.63, 3.8) is 0 Å². The van der Waals surface area contributed by atoms with Crippen LogP contribution in [0.15, 0.2) is 23.9 Å². The summed E-state index contributed by atoms with van der Waals surface area (Å²) in [6.07, 6.45) is 14.8. The summed E-state index contributed by atoms with van der Waals surface area (Å²) in [5.74, 6) is -1.10. The maximum Gasteiger partial charge on any atom is 0.333 e. The van der Waals surface area contributed by atoms with Gasteiger partial charge in [-0.25, -0.2) is 4.79 Å². The zero-order valence-electron chi connectivity index (χ0n) is 17.4. The van der Waals surface area contributed by atoms with Crippen LogP contribution < -0.4 is 0 Å². The first-order valence-electron chi connectivity index (χ1n) is 10.2. The first kappa shape index (κ1) is 22.9. The number of hydrogen-bond acceptors (Lipinski definition) is 4. The highest BCUT2D eigenvalue weighted by Crippen LogP contribution is 2.14. The number of carbonyl (C=O) groups excluding carboxylic acids is 3. The van der Waals surface area contributed by atoms with E-state index < -0.39 is 17.8 Å². The van der Waals surface area contributed by atoms with Gasteiger partial charge < -0.3 is 4.90 Å². The lowest BCUT2D eigenvalue weighted by molar-refractivity contribution is -0.134. The number of unbranched alkanes of at least 4 members (excludes halogenated alkanes) is 6. The van der Waals surface area contributed by atoms with Gasteiger partial charge >= 0.3 is 6.03 Å². The van der Waals surface area contributed by atoms with Gasteiger partial charge in [-0.1, -0.05) is 52.4 Å². The second-order valence-electron chi connectivity index (χ2n) is 7.09. The lowest BCUT2D eigenvalue weighted by Crippen LogP contribution is -2.52. The predicted molar refractivity (Wildman–Crippen MR) is 108 cm³/mol. The molecule has 0 bridgehead atoms. The molecule has 0 saturated carbocycles. The standard InChI is InChI=1S/C21H35N3O3/c1-5-7-9-11-15-24(16-12-10-8-6-2)17-13-14-18-19(25)22(3)21(27)23(4)20(18)26/h13-14,17H,5-12,15-16H2,1-4H3/b17-13+. The number of allylic oxidation sites excluding steroid dienone is 2. The van der Waals surface area contributed by atoms with E-state index >= 15 is 0 Å². The minimum absolute atomic E-state index is 0.0211. The van der Waals surface area contributed by atoms with Crippen LogP contribution in [-0.4, -0.2) is 59.7 Å². The molecule has 0 spiro atoms. The molecule has 0 N–H and O–H groups in total. The summed E-state index contributed by atoms with van der Waals surface area (Å²) in [5.41, 5.74) is 0.0211. The molecule has 0 radical (unpaired) electrons. The van der Waals surface area contributed by atoms with E-state index in [4.69, 9.17) is 0 Å². The fraction of sp³-hybridized carbons (Fsp3) is 0.667. The number of carbonyl (C=O) groups is 3. The van der Waals surface area contributed by atoms with E-state index in [9.17, 15) is 14.4 Å². The van der Waals surface area contributed by atoms with E-state index in [1.807, 2.05) is 6.20 Å². The largest absolute Gasteiger partial charge is 0.377 e. The van der Waals surface area contributed by atoms with Crippen molar-refractivity contribution in [3.05, 3.63) is 23.9 Å². The average Bonchev–Trinajstić information content (AvgIpc) is 2.67. The third-order valence-corrected chi connectivity index (χ3v) is 4.80. The van der Waals surface area contributed by atoms with E-state index in [2.05, 4.69) is 18.7 Å². The molecule has 0 aromatic heterocycles. The van der Waals surface area contributed by atoms with Crippen molar-refractivity contribution in [2.45, 2.75) is 65.2 Å². The number of imide groups is 2. The number of amides is 4. The Bertz CT molecular complexity index is 531. The number of hydrogen-bond donors (Lipinski definition) is 0. The van der Waals surface area contributed by atoms with Gasteiger partial charge in [-0.15, -0.1) is 0 Å². The zero-order chi connectivity index (χ0) is 20.2. The van der Waals surface area contributed by atoms with Crippen molar-refractivity contribution in [2.24, 2.45) is 0 Å². The number of urea groups is 1. The monoisotopic (exact) mass is 377 g/mol. The summed E-state index contributed by atoms with van der Waals surface area (Å²) in [4.78, 5) is 40.4. The third-order valence-electron chi connectivity index (χ3n) is 4.80. The summed E-state index contributed by atoms with van der Waals surface area (Å²) in [5, 5.41) is 0. The summed E-state index contributed by atoms with van der Waals surface area (Å²) < 4.78 is 0. The summed E-state index contributed by atoms with van der Waals surface area (Å²) in [6, 6.07) is -0.598. The topological polar surface area (TPSA) is 60.9 Å². The van der Waals surface area contributed by atoms with Crippen molar-refractivity contribution < 1.29 is 14.4 Å². The van der Waals surface area contributed by atoms with Gasteiger partial charge in [-0.05, 0) is 31.2 Å². The van der Waals surface area contributed by atoms with E-state index in [-0.39, 0.29) is 5.57 Å². The van der Waals surface area contributed by atoms with Gasteiger partial charge in [0.15, 0.2) is 0 Å². The molecule has 1 heterocycles. The number of likely N-dealkylation sites (N-methyl/N-ethyl adjacent to an activating group) is 2. The fourth-order valence-corrected chi connectivity index (χ4v) is 3.00. The normalized spacial score (nSPS) is 15.3. The molecule has 1 aliphatic heterocycles. The first-order chi connectivity index (χ1) is 12.9. The van der Waals surface area contributed by atoms with E-state index in [1.54, 1.807) is 6.08 Å². The highest BCUT2D eigenvalue weighted by atomic mass is 16.2. The molecule has 6 heteroatoms. The highest BCUT2D eigenvalue weighted by Gasteiger charge is 2.37. The Hall–Kier alpha value is -2.11. The van der Waals surface area contributed by atoms with Crippen molar-refractivity contribution >= 4 is 17.8 Å². The Morgan fingerprint density at radius 1 is 0.778 bits per heavy atom. The molecule has 152 valence electrons. The molecular formula is C21H35N3O3. The molecule has 1 saturated heterocycles. The van der Waals surface area contributed by atoms with Crippen molar-refractivity contribution in [1.82, 2.24) is 14.7 Å². The van der Waals surface area contributed by atoms with Gasteiger partial charge in [-0.2, -0.15) is 0 Å². The van der Waals surface area contributed by atoms with Crippen LogP contribution in [0.25, 0.3) is 0 Å². The summed E-state index contributed by atoms with van der Waals surface area (Å²) >= 11 is 0. The third kappa shape index (κ3) is 7.19. The Morgan fingerprint density at radius 3 is 1.70 bits per heavy atom. The van der Waals surface area contributed by atoms with Crippen LogP contribution in [0, 0.1) is 0 Å². The smallest absolute Gasteiger partial charge is 0.333 e. The van der Waals surface area contributed by atoms with Crippen LogP contribution in [0.3, 0.4) is 0 Å². The van der Waals surface area contributed by atoms with Crippen LogP contribution in [0.5, 0.6) is 0 Å². The molecule has 0 aromatic carbocycles. The second kappa shape index (κ2) is 12.3. The molecule has 0 unspecified atom stereocenters. The minimum atomic E-state index is -0.598. The Kier molecular flexibility index (Phi) is 10.5. The minimum Gasteiger partial charge on any atom is -0.377 e. The van der Waals surface area contributed by atoms with Gasteiger partial charge in [0.25, 0.3) is 11.8 Å². The van der Waals surface area contributed by atoms with E-state index in [1.165, 1.54) is 58.7 Å². The lowest BCUT2D eigenvalue weighted by Gasteiger charge is -2.28. The number of rotatable bonds is 12. The van der Waals surface area contributed by atoms with Gasteiger partial charge in [0, 0.05) is 27.2 Å². The lowest BCUT2D eigenvalue weighted by atomic mass is 10.1. The van der Waals surface area contributed by atoms with Crippen LogP contribution >= 0.6 is 0 Å². The second-order valence-corrected chi connectivity index (χ2v) is 7.09. The van der Waals surface area contributed by atoms with Crippen LogP contribution in [-0.2, 0) is 9.59 Å². The van der Waals surface area contributed by atoms with E-state index in [0.29, 0.717) is 0 Å². The Balaban J connectivity index is 2.74. The van der Waals surface area contributed by atoms with Gasteiger partial charge in [0.1, 0.15) is 5.57 Å². The van der Waals surface area contributed by atoms with Crippen LogP contribution in [0.1, 0.15) is 65.2 Å². The maximum atomic E-state index is 12.2. The molecule has 27 heavy (non-hydrogen) atoms. The summed E-state index contributed by atoms with van der Waals surface area (Å²) in [7, 11) is 2.78.